The highest BCUT2D eigenvalue weighted by Crippen LogP contribution is 2.16. The van der Waals surface area contributed by atoms with Crippen LogP contribution in [0.4, 0.5) is 0 Å². The molecular weight excluding hydrogens is 218 g/mol. The predicted octanol–water partition coefficient (Wildman–Crippen LogP) is 2.79. The second-order valence-corrected chi connectivity index (χ2v) is 3.60. The van der Waals surface area contributed by atoms with E-state index in [-0.39, 0.29) is 6.04 Å². The zero-order valence-corrected chi connectivity index (χ0v) is 8.76. The van der Waals surface area contributed by atoms with Crippen LogP contribution in [-0.4, -0.2) is 6.04 Å². The van der Waals surface area contributed by atoms with Gasteiger partial charge in [0.05, 0.1) is 0 Å². The lowest BCUT2D eigenvalue weighted by Crippen LogP contribution is -2.15. The van der Waals surface area contributed by atoms with Gasteiger partial charge in [-0.3, -0.25) is 0 Å². The quantitative estimate of drug-likeness (QED) is 0.848. The van der Waals surface area contributed by atoms with Gasteiger partial charge in [-0.25, -0.2) is 0 Å². The molecule has 1 unspecified atom stereocenters. The highest BCUT2D eigenvalue weighted by Gasteiger charge is 1.99. The summed E-state index contributed by atoms with van der Waals surface area (Å²) >= 11 is 3.23. The minimum atomic E-state index is 0.0777. The van der Waals surface area contributed by atoms with Gasteiger partial charge in [-0.05, 0) is 48.0 Å². The minimum Gasteiger partial charge on any atom is -0.450 e. The Balaban J connectivity index is 2.80. The van der Waals surface area contributed by atoms with Gasteiger partial charge in [0.15, 0.2) is 4.67 Å². The summed E-state index contributed by atoms with van der Waals surface area (Å²) in [6.07, 6.45) is 1.94. The van der Waals surface area contributed by atoms with Gasteiger partial charge in [0, 0.05) is 6.04 Å². The molecule has 0 spiro atoms. The summed E-state index contributed by atoms with van der Waals surface area (Å²) in [5.74, 6) is 0.830. The number of halogens is 1. The van der Waals surface area contributed by atoms with Crippen LogP contribution in [0.5, 0.6) is 0 Å². The van der Waals surface area contributed by atoms with E-state index in [0.717, 1.165) is 16.0 Å². The summed E-state index contributed by atoms with van der Waals surface area (Å²) in [6, 6.07) is 3.84. The molecular formula is C9H12BrNO. The van der Waals surface area contributed by atoms with E-state index >= 15 is 0 Å². The van der Waals surface area contributed by atoms with E-state index < -0.39 is 0 Å². The van der Waals surface area contributed by atoms with Crippen molar-refractivity contribution in [1.82, 2.24) is 0 Å². The number of rotatable bonds is 2. The number of nitrogens with two attached hydrogens (primary N) is 1. The number of furan rings is 1. The molecule has 0 amide bonds. The zero-order valence-electron chi connectivity index (χ0n) is 7.17. The molecule has 1 heterocycles. The van der Waals surface area contributed by atoms with E-state index in [1.54, 1.807) is 0 Å². The molecule has 0 bridgehead atoms. The molecule has 2 nitrogen and oxygen atoms in total. The van der Waals surface area contributed by atoms with Crippen molar-refractivity contribution in [2.75, 3.05) is 0 Å². The summed E-state index contributed by atoms with van der Waals surface area (Å²) in [5, 5.41) is 0. The standard InChI is InChI=1S/C9H12BrNO/c1-6(7(2)11)5-8-3-4-9(10)12-8/h3-5,7H,11H2,1-2H3/b6-5+. The molecule has 1 atom stereocenters. The topological polar surface area (TPSA) is 39.2 Å². The summed E-state index contributed by atoms with van der Waals surface area (Å²) in [7, 11) is 0. The van der Waals surface area contributed by atoms with Gasteiger partial charge in [0.1, 0.15) is 5.76 Å². The molecule has 1 aromatic heterocycles. The van der Waals surface area contributed by atoms with E-state index in [9.17, 15) is 0 Å². The number of hydrogen-bond acceptors (Lipinski definition) is 2. The normalized spacial score (nSPS) is 14.8. The third-order valence-electron chi connectivity index (χ3n) is 1.68. The maximum atomic E-state index is 5.67. The summed E-state index contributed by atoms with van der Waals surface area (Å²) < 4.78 is 6.03. The SMILES string of the molecule is C/C(=C\c1ccc(Br)o1)C(C)N. The van der Waals surface area contributed by atoms with E-state index in [2.05, 4.69) is 15.9 Å². The fourth-order valence-corrected chi connectivity index (χ4v) is 1.08. The first-order valence-corrected chi connectivity index (χ1v) is 4.58. The molecule has 66 valence electrons. The van der Waals surface area contributed by atoms with E-state index in [1.807, 2.05) is 32.1 Å². The molecule has 0 saturated heterocycles. The molecule has 12 heavy (non-hydrogen) atoms. The maximum Gasteiger partial charge on any atom is 0.169 e. The Morgan fingerprint density at radius 2 is 2.33 bits per heavy atom. The molecule has 0 aliphatic heterocycles. The largest absolute Gasteiger partial charge is 0.450 e. The molecule has 0 aliphatic rings. The first kappa shape index (κ1) is 9.55. The Hall–Kier alpha value is -0.540. The van der Waals surface area contributed by atoms with Crippen LogP contribution in [0.3, 0.4) is 0 Å². The lowest BCUT2D eigenvalue weighted by Gasteiger charge is -2.02. The van der Waals surface area contributed by atoms with Gasteiger partial charge in [0.25, 0.3) is 0 Å². The summed E-state index contributed by atoms with van der Waals surface area (Å²) in [6.45, 7) is 3.94. The Morgan fingerprint density at radius 1 is 1.67 bits per heavy atom. The van der Waals surface area contributed by atoms with Gasteiger partial charge in [-0.2, -0.15) is 0 Å². The molecule has 2 N–H and O–H groups in total. The average Bonchev–Trinajstić information content (AvgIpc) is 2.35. The van der Waals surface area contributed by atoms with Crippen LogP contribution in [0.1, 0.15) is 19.6 Å². The monoisotopic (exact) mass is 229 g/mol. The third-order valence-corrected chi connectivity index (χ3v) is 2.11. The summed E-state index contributed by atoms with van der Waals surface area (Å²) in [5.41, 5.74) is 6.78. The Labute approximate surface area is 80.6 Å². The van der Waals surface area contributed by atoms with Gasteiger partial charge in [-0.1, -0.05) is 5.57 Å². The van der Waals surface area contributed by atoms with Crippen molar-refractivity contribution in [3.8, 4) is 0 Å². The molecule has 0 radical (unpaired) electrons. The molecule has 3 heteroatoms. The molecule has 1 rings (SSSR count). The number of hydrogen-bond donors (Lipinski definition) is 1. The third kappa shape index (κ3) is 2.50. The van der Waals surface area contributed by atoms with Crippen molar-refractivity contribution in [3.63, 3.8) is 0 Å². The fraction of sp³-hybridized carbons (Fsp3) is 0.333. The molecule has 0 fully saturated rings. The first-order chi connectivity index (χ1) is 5.59. The van der Waals surface area contributed by atoms with Gasteiger partial charge in [-0.15, -0.1) is 0 Å². The van der Waals surface area contributed by atoms with E-state index in [0.29, 0.717) is 0 Å². The Kier molecular flexibility index (Phi) is 3.12. The molecule has 0 saturated carbocycles. The van der Waals surface area contributed by atoms with Gasteiger partial charge < -0.3 is 10.2 Å². The van der Waals surface area contributed by atoms with Crippen LogP contribution in [0.15, 0.2) is 26.8 Å². The minimum absolute atomic E-state index is 0.0777. The summed E-state index contributed by atoms with van der Waals surface area (Å²) in [4.78, 5) is 0. The fourth-order valence-electron chi connectivity index (χ4n) is 0.762. The maximum absolute atomic E-state index is 5.67. The van der Waals surface area contributed by atoms with E-state index in [1.165, 1.54) is 0 Å². The van der Waals surface area contributed by atoms with Crippen LogP contribution in [0.25, 0.3) is 6.08 Å². The predicted molar refractivity (Wildman–Crippen MR) is 53.7 cm³/mol. The smallest absolute Gasteiger partial charge is 0.169 e. The molecule has 1 aromatic rings. The average molecular weight is 230 g/mol. The van der Waals surface area contributed by atoms with E-state index in [4.69, 9.17) is 10.2 Å². The van der Waals surface area contributed by atoms with Crippen molar-refractivity contribution in [2.24, 2.45) is 5.73 Å². The Morgan fingerprint density at radius 3 is 2.75 bits per heavy atom. The van der Waals surface area contributed by atoms with Crippen LogP contribution < -0.4 is 5.73 Å². The van der Waals surface area contributed by atoms with Crippen LogP contribution in [-0.2, 0) is 0 Å². The van der Waals surface area contributed by atoms with Gasteiger partial charge >= 0.3 is 0 Å². The lowest BCUT2D eigenvalue weighted by atomic mass is 10.1. The van der Waals surface area contributed by atoms with Crippen molar-refractivity contribution in [3.05, 3.63) is 28.1 Å². The van der Waals surface area contributed by atoms with Gasteiger partial charge in [0.2, 0.25) is 0 Å². The highest BCUT2D eigenvalue weighted by atomic mass is 79.9. The second kappa shape index (κ2) is 3.92. The lowest BCUT2D eigenvalue weighted by molar-refractivity contribution is 0.531. The second-order valence-electron chi connectivity index (χ2n) is 2.82. The zero-order chi connectivity index (χ0) is 9.14. The van der Waals surface area contributed by atoms with Crippen molar-refractivity contribution >= 4 is 22.0 Å². The van der Waals surface area contributed by atoms with Crippen molar-refractivity contribution in [1.29, 1.82) is 0 Å². The Bertz CT molecular complexity index is 288. The van der Waals surface area contributed by atoms with Crippen LogP contribution in [0, 0.1) is 0 Å². The molecule has 0 aliphatic carbocycles. The highest BCUT2D eigenvalue weighted by molar-refractivity contribution is 9.10. The van der Waals surface area contributed by atoms with Crippen molar-refractivity contribution in [2.45, 2.75) is 19.9 Å². The first-order valence-electron chi connectivity index (χ1n) is 3.78. The van der Waals surface area contributed by atoms with Crippen LogP contribution in [0.2, 0.25) is 0 Å². The molecule has 0 aromatic carbocycles. The van der Waals surface area contributed by atoms with Crippen molar-refractivity contribution < 1.29 is 4.42 Å². The van der Waals surface area contributed by atoms with Crippen LogP contribution >= 0.6 is 15.9 Å².